The van der Waals surface area contributed by atoms with Crippen LogP contribution < -0.4 is 21.3 Å². The third-order valence-corrected chi connectivity index (χ3v) is 9.39. The van der Waals surface area contributed by atoms with Gasteiger partial charge in [-0.15, -0.1) is 0 Å². The maximum Gasteiger partial charge on any atom is 0.433 e. The average Bonchev–Trinajstić information content (AvgIpc) is 4.20. The summed E-state index contributed by atoms with van der Waals surface area (Å²) in [7, 11) is 0. The zero-order valence-corrected chi connectivity index (χ0v) is 38.7. The molecule has 4 heterocycles. The molecule has 27 heteroatoms. The summed E-state index contributed by atoms with van der Waals surface area (Å²) in [6, 6.07) is 33.8. The lowest BCUT2D eigenvalue weighted by Gasteiger charge is -2.03. The lowest BCUT2D eigenvalue weighted by Crippen LogP contribution is -2.10. The summed E-state index contributed by atoms with van der Waals surface area (Å²) in [6.07, 6.45) is 0. The third kappa shape index (κ3) is 16.3. The number of benzene rings is 4. The molecular formula is C46H33Cl2FN8O16. The van der Waals surface area contributed by atoms with Gasteiger partial charge in [0.15, 0.2) is 23.0 Å². The standard InChI is InChI=1S/2C12H10N2O4.C11H6ClFN2O4.C11H7ClN2O4/c1-8-2-4-9(5-3-8)13-12(15)10-6-7-11(18-10)14(16)17;1-8-3-2-4-9(7-8)13-12(15)10-5-6-11(18-10)14(16)17;12-7-5-6(1-2-8(7)13)14-11(16)9-3-4-10(19-9)15(17)18;12-7-1-3-8(4-2-7)13-11(15)9-5-6-10(18-9)14(16)17/h2*2-7H,1H3,(H,13,15);1-5H,(H,14,16);1-6H,(H,13,15). The van der Waals surface area contributed by atoms with E-state index in [0.717, 1.165) is 41.5 Å². The molecule has 0 aliphatic rings. The summed E-state index contributed by atoms with van der Waals surface area (Å²) in [4.78, 5) is 85.6. The number of nitro groups is 4. The van der Waals surface area contributed by atoms with Crippen molar-refractivity contribution in [3.63, 3.8) is 0 Å². The van der Waals surface area contributed by atoms with Gasteiger partial charge in [0.25, 0.3) is 23.6 Å². The zero-order valence-electron chi connectivity index (χ0n) is 37.2. The number of nitrogens with zero attached hydrogens (tertiary/aromatic N) is 4. The molecule has 0 bridgehead atoms. The topological polar surface area (TPSA) is 342 Å². The SMILES string of the molecule is Cc1ccc(NC(=O)c2ccc([N+](=O)[O-])o2)cc1.Cc1cccc(NC(=O)c2ccc([N+](=O)[O-])o2)c1.O=C(Nc1ccc(Cl)cc1)c1ccc([N+](=O)[O-])o1.O=C(Nc1ccc(F)c(Cl)c1)c1ccc([N+](=O)[O-])o1. The van der Waals surface area contributed by atoms with Crippen molar-refractivity contribution < 1.29 is 60.9 Å². The molecule has 0 aliphatic carbocycles. The molecule has 0 saturated carbocycles. The molecule has 0 spiro atoms. The molecule has 4 amide bonds. The first kappa shape index (κ1) is 53.9. The van der Waals surface area contributed by atoms with Crippen LogP contribution in [0.25, 0.3) is 0 Å². The van der Waals surface area contributed by atoms with Crippen LogP contribution in [0, 0.1) is 60.1 Å². The van der Waals surface area contributed by atoms with Crippen molar-refractivity contribution in [2.45, 2.75) is 13.8 Å². The Morgan fingerprint density at radius 3 is 1.08 bits per heavy atom. The quantitative estimate of drug-likeness (QED) is 0.0652. The summed E-state index contributed by atoms with van der Waals surface area (Å²) in [5, 5.41) is 52.1. The van der Waals surface area contributed by atoms with E-state index in [0.29, 0.717) is 22.1 Å². The molecule has 0 fully saturated rings. The second-order valence-corrected chi connectivity index (χ2v) is 15.1. The van der Waals surface area contributed by atoms with Crippen molar-refractivity contribution >= 4 is 93.1 Å². The fourth-order valence-electron chi connectivity index (χ4n) is 5.43. The fraction of sp³-hybridized carbons (Fsp3) is 0.0435. The predicted molar refractivity (Wildman–Crippen MR) is 258 cm³/mol. The molecule has 73 heavy (non-hydrogen) atoms. The van der Waals surface area contributed by atoms with Gasteiger partial charge in [-0.2, -0.15) is 0 Å². The predicted octanol–water partition coefficient (Wildman–Crippen LogP) is 11.8. The van der Waals surface area contributed by atoms with E-state index in [4.69, 9.17) is 40.9 Å². The van der Waals surface area contributed by atoms with E-state index in [1.54, 1.807) is 54.6 Å². The minimum absolute atomic E-state index is 0.0943. The second-order valence-electron chi connectivity index (χ2n) is 14.3. The smallest absolute Gasteiger partial charge is 0.395 e. The number of hydrogen-bond donors (Lipinski definition) is 4. The Kier molecular flexibility index (Phi) is 18.5. The van der Waals surface area contributed by atoms with Crippen molar-refractivity contribution in [1.29, 1.82) is 0 Å². The number of amides is 4. The minimum Gasteiger partial charge on any atom is -0.395 e. The van der Waals surface area contributed by atoms with Crippen molar-refractivity contribution in [3.8, 4) is 0 Å². The van der Waals surface area contributed by atoms with E-state index in [1.807, 2.05) is 32.0 Å². The van der Waals surface area contributed by atoms with Gasteiger partial charge in [0.2, 0.25) is 0 Å². The number of carbonyl (C=O) groups excluding carboxylic acids is 4. The number of aryl methyl sites for hydroxylation is 2. The van der Waals surface area contributed by atoms with Gasteiger partial charge in [0.05, 0.1) is 29.3 Å². The molecular weight excluding hydrogens is 1010 g/mol. The maximum absolute atomic E-state index is 12.9. The van der Waals surface area contributed by atoms with Crippen molar-refractivity contribution in [2.75, 3.05) is 21.3 Å². The third-order valence-electron chi connectivity index (χ3n) is 8.85. The van der Waals surface area contributed by atoms with Gasteiger partial charge >= 0.3 is 23.5 Å². The first-order valence-corrected chi connectivity index (χ1v) is 21.0. The Morgan fingerprint density at radius 2 is 0.753 bits per heavy atom. The summed E-state index contributed by atoms with van der Waals surface area (Å²) in [5.74, 6) is -5.39. The van der Waals surface area contributed by atoms with E-state index in [1.165, 1.54) is 36.4 Å². The number of rotatable bonds is 12. The number of hydrogen-bond acceptors (Lipinski definition) is 16. The Labute approximate surface area is 417 Å². The van der Waals surface area contributed by atoms with Gasteiger partial charge < -0.3 is 38.9 Å². The lowest BCUT2D eigenvalue weighted by molar-refractivity contribution is -0.402. The van der Waals surface area contributed by atoms with Crippen LogP contribution in [0.3, 0.4) is 0 Å². The summed E-state index contributed by atoms with van der Waals surface area (Å²) < 4.78 is 32.0. The number of halogens is 3. The first-order valence-electron chi connectivity index (χ1n) is 20.2. The second kappa shape index (κ2) is 25.0. The van der Waals surface area contributed by atoms with E-state index < -0.39 is 72.7 Å². The lowest BCUT2D eigenvalue weighted by atomic mass is 10.2. The highest BCUT2D eigenvalue weighted by Gasteiger charge is 2.21. The first-order chi connectivity index (χ1) is 34.6. The Balaban J connectivity index is 0.000000181. The Morgan fingerprint density at radius 1 is 0.425 bits per heavy atom. The summed E-state index contributed by atoms with van der Waals surface area (Å²) in [5.41, 5.74) is 4.04. The van der Waals surface area contributed by atoms with Crippen LogP contribution in [0.1, 0.15) is 53.3 Å². The van der Waals surface area contributed by atoms with Crippen molar-refractivity contribution in [1.82, 2.24) is 0 Å². The number of nitrogens with one attached hydrogen (secondary N) is 4. The molecule has 374 valence electrons. The van der Waals surface area contributed by atoms with Crippen LogP contribution in [0.5, 0.6) is 0 Å². The summed E-state index contributed by atoms with van der Waals surface area (Å²) >= 11 is 11.2. The molecule has 4 aromatic carbocycles. The summed E-state index contributed by atoms with van der Waals surface area (Å²) in [6.45, 7) is 3.83. The molecule has 4 aromatic heterocycles. The van der Waals surface area contributed by atoms with Gasteiger partial charge in [-0.25, -0.2) is 4.39 Å². The Bertz CT molecular complexity index is 3210. The highest BCUT2D eigenvalue weighted by Crippen LogP contribution is 2.23. The van der Waals surface area contributed by atoms with Gasteiger partial charge in [0.1, 0.15) is 25.5 Å². The van der Waals surface area contributed by atoms with E-state index in [2.05, 4.69) is 21.3 Å². The molecule has 24 nitrogen and oxygen atoms in total. The van der Waals surface area contributed by atoms with Crippen LogP contribution in [-0.4, -0.2) is 43.3 Å². The van der Waals surface area contributed by atoms with E-state index >= 15 is 0 Å². The van der Waals surface area contributed by atoms with Crippen LogP contribution in [0.15, 0.2) is 157 Å². The van der Waals surface area contributed by atoms with Gasteiger partial charge in [-0.05, 0) is 110 Å². The Hall–Kier alpha value is -10.0. The van der Waals surface area contributed by atoms with Gasteiger partial charge in [-0.3, -0.25) is 59.6 Å². The van der Waals surface area contributed by atoms with Gasteiger partial charge in [0, 0.05) is 27.8 Å². The van der Waals surface area contributed by atoms with Crippen molar-refractivity contribution in [2.24, 2.45) is 0 Å². The largest absolute Gasteiger partial charge is 0.433 e. The molecule has 0 atom stereocenters. The highest BCUT2D eigenvalue weighted by molar-refractivity contribution is 6.31. The van der Waals surface area contributed by atoms with Crippen molar-refractivity contribution in [3.05, 3.63) is 230 Å². The highest BCUT2D eigenvalue weighted by atomic mass is 35.5. The fourth-order valence-corrected chi connectivity index (χ4v) is 5.74. The molecule has 8 aromatic rings. The van der Waals surface area contributed by atoms with Gasteiger partial charge in [-0.1, -0.05) is 53.0 Å². The molecule has 0 saturated heterocycles. The molecule has 0 unspecified atom stereocenters. The number of furan rings is 4. The average molecular weight is 1040 g/mol. The number of carbonyl (C=O) groups is 4. The van der Waals surface area contributed by atoms with Crippen LogP contribution >= 0.6 is 23.2 Å². The van der Waals surface area contributed by atoms with Crippen LogP contribution in [-0.2, 0) is 0 Å². The normalized spacial score (nSPS) is 10.1. The molecule has 8 rings (SSSR count). The molecule has 4 N–H and O–H groups in total. The molecule has 0 radical (unpaired) electrons. The molecule has 0 aliphatic heterocycles. The van der Waals surface area contributed by atoms with Crippen LogP contribution in [0.2, 0.25) is 10.0 Å². The van der Waals surface area contributed by atoms with E-state index in [-0.39, 0.29) is 33.8 Å². The van der Waals surface area contributed by atoms with Crippen LogP contribution in [0.4, 0.5) is 50.7 Å². The minimum atomic E-state index is -0.758. The maximum atomic E-state index is 12.9. The zero-order chi connectivity index (χ0) is 53.4. The number of anilines is 4. The monoisotopic (exact) mass is 1040 g/mol. The van der Waals surface area contributed by atoms with E-state index in [9.17, 15) is 64.0 Å².